The quantitative estimate of drug-likeness (QED) is 0.544. The molecule has 0 radical (unpaired) electrons. The van der Waals surface area contributed by atoms with Crippen molar-refractivity contribution in [1.82, 2.24) is 9.88 Å². The van der Waals surface area contributed by atoms with Crippen LogP contribution >= 0.6 is 0 Å². The number of benzene rings is 2. The Morgan fingerprint density at radius 3 is 2.25 bits per heavy atom. The summed E-state index contributed by atoms with van der Waals surface area (Å²) in [6.45, 7) is 2.75. The summed E-state index contributed by atoms with van der Waals surface area (Å²) in [7, 11) is 0. The number of ketones is 1. The average Bonchev–Trinajstić information content (AvgIpc) is 3.07. The minimum Gasteiger partial charge on any atom is -0.353 e. The van der Waals surface area contributed by atoms with Gasteiger partial charge in [-0.1, -0.05) is 42.5 Å². The predicted molar refractivity (Wildman–Crippen MR) is 108 cm³/mol. The van der Waals surface area contributed by atoms with E-state index in [1.807, 2.05) is 59.5 Å². The summed E-state index contributed by atoms with van der Waals surface area (Å²) in [5.74, 6) is 0.928. The van der Waals surface area contributed by atoms with Gasteiger partial charge in [-0.3, -0.25) is 9.59 Å². The Bertz CT molecular complexity index is 1070. The number of rotatable bonds is 2. The van der Waals surface area contributed by atoms with Crippen molar-refractivity contribution in [2.45, 2.75) is 0 Å². The van der Waals surface area contributed by atoms with Crippen LogP contribution < -0.4 is 4.90 Å². The highest BCUT2D eigenvalue weighted by Gasteiger charge is 2.32. The topological polar surface area (TPSA) is 53.5 Å². The van der Waals surface area contributed by atoms with Crippen molar-refractivity contribution < 1.29 is 9.59 Å². The van der Waals surface area contributed by atoms with Gasteiger partial charge in [0.05, 0.1) is 0 Å². The Hall–Kier alpha value is -3.47. The lowest BCUT2D eigenvalue weighted by atomic mass is 9.98. The maximum Gasteiger partial charge on any atom is 0.254 e. The van der Waals surface area contributed by atoms with Crippen LogP contribution in [-0.4, -0.2) is 47.8 Å². The lowest BCUT2D eigenvalue weighted by molar-refractivity contribution is 0.0747. The van der Waals surface area contributed by atoms with E-state index in [0.717, 1.165) is 30.0 Å². The van der Waals surface area contributed by atoms with E-state index < -0.39 is 0 Å². The van der Waals surface area contributed by atoms with Gasteiger partial charge in [0.15, 0.2) is 5.78 Å². The number of aromatic nitrogens is 1. The van der Waals surface area contributed by atoms with Crippen molar-refractivity contribution in [3.05, 3.63) is 83.6 Å². The highest BCUT2D eigenvalue weighted by atomic mass is 16.2. The normalized spacial score (nSPS) is 15.4. The Morgan fingerprint density at radius 2 is 1.50 bits per heavy atom. The molecule has 1 fully saturated rings. The zero-order valence-corrected chi connectivity index (χ0v) is 15.3. The van der Waals surface area contributed by atoms with Crippen molar-refractivity contribution in [2.24, 2.45) is 0 Å². The first-order valence-electron chi connectivity index (χ1n) is 9.46. The summed E-state index contributed by atoms with van der Waals surface area (Å²) in [5, 5.41) is 0. The van der Waals surface area contributed by atoms with Gasteiger partial charge in [-0.05, 0) is 23.8 Å². The molecular weight excluding hydrogens is 350 g/mol. The molecule has 28 heavy (non-hydrogen) atoms. The Labute approximate surface area is 163 Å². The molecular formula is C23H19N3O2. The van der Waals surface area contributed by atoms with Gasteiger partial charge in [0.1, 0.15) is 5.82 Å². The summed E-state index contributed by atoms with van der Waals surface area (Å²) >= 11 is 0. The molecule has 1 aromatic heterocycles. The Balaban J connectivity index is 1.42. The predicted octanol–water partition coefficient (Wildman–Crippen LogP) is 3.26. The second kappa shape index (κ2) is 6.60. The van der Waals surface area contributed by atoms with Crippen LogP contribution in [0.5, 0.6) is 0 Å². The van der Waals surface area contributed by atoms with E-state index in [0.29, 0.717) is 29.8 Å². The van der Waals surface area contributed by atoms with Gasteiger partial charge in [0.25, 0.3) is 5.91 Å². The molecule has 1 aliphatic heterocycles. The van der Waals surface area contributed by atoms with Gasteiger partial charge in [0.2, 0.25) is 0 Å². The SMILES string of the molecule is O=C1c2ccccc2-c2c1cccc2C(=O)N1CCN(c2ccccn2)CC1. The zero-order valence-electron chi connectivity index (χ0n) is 15.3. The number of anilines is 1. The van der Waals surface area contributed by atoms with E-state index in [9.17, 15) is 9.59 Å². The van der Waals surface area contributed by atoms with Crippen molar-refractivity contribution in [1.29, 1.82) is 0 Å². The molecule has 2 aliphatic rings. The molecule has 1 aliphatic carbocycles. The van der Waals surface area contributed by atoms with Crippen molar-refractivity contribution in [2.75, 3.05) is 31.1 Å². The molecule has 5 nitrogen and oxygen atoms in total. The number of carbonyl (C=O) groups is 2. The molecule has 0 spiro atoms. The molecule has 0 unspecified atom stereocenters. The van der Waals surface area contributed by atoms with Gasteiger partial charge in [-0.15, -0.1) is 0 Å². The Morgan fingerprint density at radius 1 is 0.786 bits per heavy atom. The minimum atomic E-state index is -0.0120. The molecule has 0 saturated carbocycles. The Kier molecular flexibility index (Phi) is 3.93. The number of hydrogen-bond acceptors (Lipinski definition) is 4. The monoisotopic (exact) mass is 369 g/mol. The summed E-state index contributed by atoms with van der Waals surface area (Å²) in [6.07, 6.45) is 1.79. The molecule has 3 aromatic rings. The van der Waals surface area contributed by atoms with E-state index in [2.05, 4.69) is 9.88 Å². The molecule has 138 valence electrons. The largest absolute Gasteiger partial charge is 0.353 e. The first-order valence-corrected chi connectivity index (χ1v) is 9.46. The van der Waals surface area contributed by atoms with E-state index in [1.165, 1.54) is 0 Å². The van der Waals surface area contributed by atoms with Crippen LogP contribution in [0.25, 0.3) is 11.1 Å². The zero-order chi connectivity index (χ0) is 19.1. The number of pyridine rings is 1. The van der Waals surface area contributed by atoms with Crippen LogP contribution in [0.4, 0.5) is 5.82 Å². The number of amides is 1. The number of hydrogen-bond donors (Lipinski definition) is 0. The lowest BCUT2D eigenvalue weighted by Crippen LogP contribution is -2.49. The van der Waals surface area contributed by atoms with E-state index in [4.69, 9.17) is 0 Å². The highest BCUT2D eigenvalue weighted by Crippen LogP contribution is 2.39. The smallest absolute Gasteiger partial charge is 0.254 e. The molecule has 2 heterocycles. The molecule has 0 atom stereocenters. The lowest BCUT2D eigenvalue weighted by Gasteiger charge is -2.35. The fourth-order valence-corrected chi connectivity index (χ4v) is 4.10. The molecule has 0 N–H and O–H groups in total. The van der Waals surface area contributed by atoms with Crippen LogP contribution in [0.3, 0.4) is 0 Å². The average molecular weight is 369 g/mol. The second-order valence-corrected chi connectivity index (χ2v) is 7.07. The molecule has 1 saturated heterocycles. The first kappa shape index (κ1) is 16.7. The third-order valence-electron chi connectivity index (χ3n) is 5.52. The van der Waals surface area contributed by atoms with Crippen LogP contribution in [0.15, 0.2) is 66.9 Å². The van der Waals surface area contributed by atoms with E-state index >= 15 is 0 Å². The fourth-order valence-electron chi connectivity index (χ4n) is 4.10. The third kappa shape index (κ3) is 2.59. The van der Waals surface area contributed by atoms with Gasteiger partial charge >= 0.3 is 0 Å². The standard InChI is InChI=1S/C23H19N3O2/c27-22-17-7-2-1-6-16(17)21-18(22)8-5-9-19(21)23(28)26-14-12-25(13-15-26)20-10-3-4-11-24-20/h1-11H,12-15H2. The van der Waals surface area contributed by atoms with Crippen LogP contribution in [0.1, 0.15) is 26.3 Å². The third-order valence-corrected chi connectivity index (χ3v) is 5.52. The fraction of sp³-hybridized carbons (Fsp3) is 0.174. The van der Waals surface area contributed by atoms with Gasteiger partial charge in [0, 0.05) is 54.6 Å². The van der Waals surface area contributed by atoms with Crippen LogP contribution in [0, 0.1) is 0 Å². The van der Waals surface area contributed by atoms with Crippen molar-refractivity contribution in [3.63, 3.8) is 0 Å². The number of piperazine rings is 1. The second-order valence-electron chi connectivity index (χ2n) is 7.07. The minimum absolute atomic E-state index is 0.000205. The van der Waals surface area contributed by atoms with Crippen LogP contribution in [0.2, 0.25) is 0 Å². The molecule has 1 amide bonds. The van der Waals surface area contributed by atoms with Gasteiger partial charge in [-0.2, -0.15) is 0 Å². The summed E-state index contributed by atoms with van der Waals surface area (Å²) in [6, 6.07) is 18.8. The maximum atomic E-state index is 13.3. The first-order chi connectivity index (χ1) is 13.7. The maximum absolute atomic E-state index is 13.3. The van der Waals surface area contributed by atoms with Gasteiger partial charge in [-0.25, -0.2) is 4.98 Å². The molecule has 5 heteroatoms. The summed E-state index contributed by atoms with van der Waals surface area (Å²) in [4.78, 5) is 34.5. The van der Waals surface area contributed by atoms with Crippen molar-refractivity contribution >= 4 is 17.5 Å². The highest BCUT2D eigenvalue weighted by molar-refractivity contribution is 6.24. The summed E-state index contributed by atoms with van der Waals surface area (Å²) < 4.78 is 0. The van der Waals surface area contributed by atoms with Gasteiger partial charge < -0.3 is 9.80 Å². The molecule has 5 rings (SSSR count). The molecule has 2 aromatic carbocycles. The van der Waals surface area contributed by atoms with Crippen LogP contribution in [-0.2, 0) is 0 Å². The molecule has 0 bridgehead atoms. The van der Waals surface area contributed by atoms with E-state index in [-0.39, 0.29) is 11.7 Å². The van der Waals surface area contributed by atoms with Crippen molar-refractivity contribution in [3.8, 4) is 11.1 Å². The summed E-state index contributed by atoms with van der Waals surface area (Å²) in [5.41, 5.74) is 3.55. The van der Waals surface area contributed by atoms with E-state index in [1.54, 1.807) is 12.3 Å². The number of nitrogens with zero attached hydrogens (tertiary/aromatic N) is 3. The number of carbonyl (C=O) groups excluding carboxylic acids is 2. The number of fused-ring (bicyclic) bond motifs is 3.